The van der Waals surface area contributed by atoms with Crippen LogP contribution in [0, 0.1) is 11.8 Å². The molecule has 3 nitrogen and oxygen atoms in total. The fourth-order valence-corrected chi connectivity index (χ4v) is 2.57. The van der Waals surface area contributed by atoms with E-state index in [-0.39, 0.29) is 17.9 Å². The molecule has 1 heterocycles. The van der Waals surface area contributed by atoms with E-state index < -0.39 is 0 Å². The van der Waals surface area contributed by atoms with Crippen LogP contribution in [-0.2, 0) is 4.79 Å². The molecule has 1 saturated heterocycles. The number of amides is 1. The minimum atomic E-state index is -0.283. The molecule has 1 N–H and O–H groups in total. The molecule has 0 radical (unpaired) electrons. The van der Waals surface area contributed by atoms with Crippen LogP contribution in [0.3, 0.4) is 0 Å². The Hall–Kier alpha value is -0.570. The molecule has 0 spiro atoms. The highest BCUT2D eigenvalue weighted by molar-refractivity contribution is 5.76. The summed E-state index contributed by atoms with van der Waals surface area (Å²) < 4.78 is 0. The van der Waals surface area contributed by atoms with Crippen LogP contribution in [0.25, 0.3) is 0 Å². The number of hydrogen-bond acceptors (Lipinski definition) is 2. The second kappa shape index (κ2) is 7.78. The van der Waals surface area contributed by atoms with Crippen LogP contribution in [0.5, 0.6) is 0 Å². The zero-order valence-corrected chi connectivity index (χ0v) is 12.2. The summed E-state index contributed by atoms with van der Waals surface area (Å²) in [5.41, 5.74) is 0. The SMILES string of the molecule is CC(C)CCCCCC(=O)N1CCC(C(C)O)C1. The van der Waals surface area contributed by atoms with E-state index in [2.05, 4.69) is 13.8 Å². The molecule has 0 aliphatic carbocycles. The van der Waals surface area contributed by atoms with E-state index in [1.807, 2.05) is 11.8 Å². The van der Waals surface area contributed by atoms with Gasteiger partial charge in [0.2, 0.25) is 5.91 Å². The second-order valence-electron chi connectivity index (χ2n) is 6.12. The van der Waals surface area contributed by atoms with Gasteiger partial charge in [0.15, 0.2) is 0 Å². The first-order chi connectivity index (χ1) is 8.50. The average molecular weight is 255 g/mol. The van der Waals surface area contributed by atoms with Gasteiger partial charge >= 0.3 is 0 Å². The number of aliphatic hydroxyl groups is 1. The van der Waals surface area contributed by atoms with Crippen molar-refractivity contribution in [1.82, 2.24) is 4.90 Å². The van der Waals surface area contributed by atoms with Gasteiger partial charge < -0.3 is 10.0 Å². The molecule has 1 rings (SSSR count). The smallest absolute Gasteiger partial charge is 0.222 e. The molecule has 3 heteroatoms. The van der Waals surface area contributed by atoms with Gasteiger partial charge in [0.05, 0.1) is 6.10 Å². The largest absolute Gasteiger partial charge is 0.393 e. The van der Waals surface area contributed by atoms with Gasteiger partial charge in [0.25, 0.3) is 0 Å². The lowest BCUT2D eigenvalue weighted by Gasteiger charge is -2.17. The van der Waals surface area contributed by atoms with E-state index in [0.29, 0.717) is 6.42 Å². The minimum absolute atomic E-state index is 0.280. The predicted octanol–water partition coefficient (Wildman–Crippen LogP) is 2.82. The molecule has 1 aliphatic rings. The highest BCUT2D eigenvalue weighted by atomic mass is 16.3. The topological polar surface area (TPSA) is 40.5 Å². The van der Waals surface area contributed by atoms with Crippen molar-refractivity contribution in [1.29, 1.82) is 0 Å². The van der Waals surface area contributed by atoms with Crippen molar-refractivity contribution in [2.45, 2.75) is 65.4 Å². The summed E-state index contributed by atoms with van der Waals surface area (Å²) in [6, 6.07) is 0. The van der Waals surface area contributed by atoms with Crippen LogP contribution >= 0.6 is 0 Å². The van der Waals surface area contributed by atoms with Crippen molar-refractivity contribution in [2.75, 3.05) is 13.1 Å². The monoisotopic (exact) mass is 255 g/mol. The highest BCUT2D eigenvalue weighted by Crippen LogP contribution is 2.21. The van der Waals surface area contributed by atoms with Crippen LogP contribution in [0.2, 0.25) is 0 Å². The van der Waals surface area contributed by atoms with E-state index in [1.165, 1.54) is 12.8 Å². The van der Waals surface area contributed by atoms with Crippen molar-refractivity contribution < 1.29 is 9.90 Å². The predicted molar refractivity (Wildman–Crippen MR) is 74.3 cm³/mol. The summed E-state index contributed by atoms with van der Waals surface area (Å²) in [6.45, 7) is 7.89. The Labute approximate surface area is 112 Å². The van der Waals surface area contributed by atoms with E-state index in [0.717, 1.165) is 38.3 Å². The van der Waals surface area contributed by atoms with Crippen LogP contribution in [-0.4, -0.2) is 35.1 Å². The van der Waals surface area contributed by atoms with Crippen molar-refractivity contribution in [3.63, 3.8) is 0 Å². The molecule has 106 valence electrons. The van der Waals surface area contributed by atoms with Crippen LogP contribution in [0.4, 0.5) is 0 Å². The summed E-state index contributed by atoms with van der Waals surface area (Å²) in [7, 11) is 0. The lowest BCUT2D eigenvalue weighted by molar-refractivity contribution is -0.130. The van der Waals surface area contributed by atoms with Gasteiger partial charge in [-0.3, -0.25) is 4.79 Å². The molecular weight excluding hydrogens is 226 g/mol. The zero-order chi connectivity index (χ0) is 13.5. The molecule has 0 aromatic rings. The van der Waals surface area contributed by atoms with Crippen molar-refractivity contribution in [3.05, 3.63) is 0 Å². The minimum Gasteiger partial charge on any atom is -0.393 e. The van der Waals surface area contributed by atoms with E-state index in [9.17, 15) is 9.90 Å². The quantitative estimate of drug-likeness (QED) is 0.711. The maximum absolute atomic E-state index is 12.0. The number of aliphatic hydroxyl groups excluding tert-OH is 1. The fraction of sp³-hybridized carbons (Fsp3) is 0.933. The molecule has 1 amide bonds. The maximum Gasteiger partial charge on any atom is 0.222 e. The summed E-state index contributed by atoms with van der Waals surface area (Å²) in [5.74, 6) is 1.34. The number of carbonyl (C=O) groups is 1. The Kier molecular flexibility index (Phi) is 6.69. The van der Waals surface area contributed by atoms with Gasteiger partial charge in [-0.2, -0.15) is 0 Å². The van der Waals surface area contributed by atoms with Crippen molar-refractivity contribution in [3.8, 4) is 0 Å². The standard InChI is InChI=1S/C15H29NO2/c1-12(2)7-5-4-6-8-15(18)16-10-9-14(11-16)13(3)17/h12-14,17H,4-11H2,1-3H3. The summed E-state index contributed by atoms with van der Waals surface area (Å²) in [5, 5.41) is 9.51. The molecule has 0 saturated carbocycles. The number of carbonyl (C=O) groups excluding carboxylic acids is 1. The molecule has 0 aromatic carbocycles. The third kappa shape index (κ3) is 5.38. The van der Waals surface area contributed by atoms with Gasteiger partial charge in [-0.1, -0.05) is 33.1 Å². The molecule has 18 heavy (non-hydrogen) atoms. The van der Waals surface area contributed by atoms with Gasteiger partial charge in [0, 0.05) is 25.4 Å². The molecular formula is C15H29NO2. The Morgan fingerprint density at radius 1 is 1.28 bits per heavy atom. The third-order valence-electron chi connectivity index (χ3n) is 3.93. The molecule has 2 unspecified atom stereocenters. The maximum atomic E-state index is 12.0. The van der Waals surface area contributed by atoms with Gasteiger partial charge in [-0.05, 0) is 25.7 Å². The van der Waals surface area contributed by atoms with Crippen molar-refractivity contribution in [2.24, 2.45) is 11.8 Å². The van der Waals surface area contributed by atoms with E-state index in [4.69, 9.17) is 0 Å². The van der Waals surface area contributed by atoms with Gasteiger partial charge in [-0.25, -0.2) is 0 Å². The Bertz CT molecular complexity index is 251. The van der Waals surface area contributed by atoms with Gasteiger partial charge in [0.1, 0.15) is 0 Å². The number of rotatable bonds is 7. The first kappa shape index (κ1) is 15.5. The van der Waals surface area contributed by atoms with Gasteiger partial charge in [-0.15, -0.1) is 0 Å². The van der Waals surface area contributed by atoms with Crippen LogP contribution in [0.15, 0.2) is 0 Å². The number of unbranched alkanes of at least 4 members (excludes halogenated alkanes) is 2. The van der Waals surface area contributed by atoms with E-state index in [1.54, 1.807) is 0 Å². The first-order valence-corrected chi connectivity index (χ1v) is 7.46. The fourth-order valence-electron chi connectivity index (χ4n) is 2.57. The van der Waals surface area contributed by atoms with E-state index >= 15 is 0 Å². The summed E-state index contributed by atoms with van der Waals surface area (Å²) >= 11 is 0. The first-order valence-electron chi connectivity index (χ1n) is 7.46. The average Bonchev–Trinajstić information content (AvgIpc) is 2.77. The molecule has 1 aliphatic heterocycles. The van der Waals surface area contributed by atoms with Crippen LogP contribution in [0.1, 0.15) is 59.3 Å². The van der Waals surface area contributed by atoms with Crippen molar-refractivity contribution >= 4 is 5.91 Å². The third-order valence-corrected chi connectivity index (χ3v) is 3.93. The zero-order valence-electron chi connectivity index (χ0n) is 12.2. The second-order valence-corrected chi connectivity index (χ2v) is 6.12. The molecule has 1 fully saturated rings. The lowest BCUT2D eigenvalue weighted by Crippen LogP contribution is -2.30. The summed E-state index contributed by atoms with van der Waals surface area (Å²) in [6.07, 6.45) is 6.04. The molecule has 0 bridgehead atoms. The lowest BCUT2D eigenvalue weighted by atomic mass is 10.0. The number of nitrogens with zero attached hydrogens (tertiary/aromatic N) is 1. The number of likely N-dealkylation sites (tertiary alicyclic amines) is 1. The molecule has 0 aromatic heterocycles. The molecule has 2 atom stereocenters. The highest BCUT2D eigenvalue weighted by Gasteiger charge is 2.28. The summed E-state index contributed by atoms with van der Waals surface area (Å²) in [4.78, 5) is 13.9. The normalized spacial score (nSPS) is 21.6. The Morgan fingerprint density at radius 3 is 2.56 bits per heavy atom. The Morgan fingerprint density at radius 2 is 2.00 bits per heavy atom. The Balaban J connectivity index is 2.11. The van der Waals surface area contributed by atoms with Crippen LogP contribution < -0.4 is 0 Å². The number of hydrogen-bond donors (Lipinski definition) is 1.